The lowest BCUT2D eigenvalue weighted by molar-refractivity contribution is -0.141. The highest BCUT2D eigenvalue weighted by atomic mass is 19.4. The molecule has 0 bridgehead atoms. The van der Waals surface area contributed by atoms with Crippen molar-refractivity contribution in [3.05, 3.63) is 65.3 Å². The van der Waals surface area contributed by atoms with E-state index in [0.717, 1.165) is 18.5 Å². The second-order valence-corrected chi connectivity index (χ2v) is 9.74. The van der Waals surface area contributed by atoms with Crippen molar-refractivity contribution in [2.45, 2.75) is 64.1 Å². The first-order valence-corrected chi connectivity index (χ1v) is 13.5. The fourth-order valence-corrected chi connectivity index (χ4v) is 4.73. The van der Waals surface area contributed by atoms with Crippen LogP contribution >= 0.6 is 0 Å². The highest BCUT2D eigenvalue weighted by Crippen LogP contribution is 2.47. The Hall–Kier alpha value is -4.09. The maximum Gasteiger partial charge on any atom is 0.435 e. The number of methoxy groups -OCH3 is 1. The van der Waals surface area contributed by atoms with Crippen molar-refractivity contribution >= 4 is 0 Å². The number of rotatable bonds is 8. The van der Waals surface area contributed by atoms with Gasteiger partial charge in [-0.25, -0.2) is 24.3 Å². The van der Waals surface area contributed by atoms with Crippen LogP contribution < -0.4 is 9.47 Å². The molecule has 2 fully saturated rings. The van der Waals surface area contributed by atoms with Crippen molar-refractivity contribution in [3.63, 3.8) is 0 Å². The summed E-state index contributed by atoms with van der Waals surface area (Å²) in [5, 5.41) is 0. The Bertz CT molecular complexity index is 1550. The smallest absolute Gasteiger partial charge is 0.435 e. The molecule has 1 aromatic carbocycles. The second kappa shape index (κ2) is 11.4. The normalized spacial score (nSPS) is 14.8. The molecule has 3 aromatic heterocycles. The van der Waals surface area contributed by atoms with E-state index in [1.165, 1.54) is 37.2 Å². The minimum absolute atomic E-state index is 0.00764. The van der Waals surface area contributed by atoms with Crippen molar-refractivity contribution in [1.82, 2.24) is 29.5 Å². The van der Waals surface area contributed by atoms with Crippen molar-refractivity contribution in [2.75, 3.05) is 7.11 Å². The number of nitrogens with zero attached hydrogens (tertiary/aromatic N) is 6. The number of imidazole rings is 1. The molecule has 0 amide bonds. The fraction of sp³-hybridized carbons (Fsp3) is 0.414. The zero-order valence-electron chi connectivity index (χ0n) is 23.2. The lowest BCUT2D eigenvalue weighted by atomic mass is 10.1. The van der Waals surface area contributed by atoms with E-state index in [9.17, 15) is 13.2 Å². The Kier molecular flexibility index (Phi) is 7.92. The van der Waals surface area contributed by atoms with Gasteiger partial charge >= 0.3 is 6.18 Å². The molecule has 4 aromatic rings. The van der Waals surface area contributed by atoms with Gasteiger partial charge < -0.3 is 14.0 Å². The first kappa shape index (κ1) is 28.4. The molecule has 0 aliphatic heterocycles. The van der Waals surface area contributed by atoms with Gasteiger partial charge in [0.25, 0.3) is 0 Å². The first-order valence-electron chi connectivity index (χ1n) is 13.5. The van der Waals surface area contributed by atoms with E-state index in [0.29, 0.717) is 41.6 Å². The number of alkyl halides is 3. The molecular weight excluding hydrogens is 540 g/mol. The summed E-state index contributed by atoms with van der Waals surface area (Å²) >= 11 is 0. The number of hydrogen-bond donors (Lipinski definition) is 0. The van der Waals surface area contributed by atoms with Crippen molar-refractivity contribution in [2.24, 2.45) is 7.05 Å². The molecular formula is C29H30F4N6O2. The van der Waals surface area contributed by atoms with Crippen LogP contribution in [0.2, 0.25) is 0 Å². The lowest BCUT2D eigenvalue weighted by Crippen LogP contribution is -2.10. The number of ether oxygens (including phenoxy) is 2. The topological polar surface area (TPSA) is 87.8 Å². The van der Waals surface area contributed by atoms with Gasteiger partial charge in [0.1, 0.15) is 30.1 Å². The molecule has 0 saturated heterocycles. The molecule has 0 spiro atoms. The summed E-state index contributed by atoms with van der Waals surface area (Å²) in [6.07, 6.45) is 1.75. The van der Waals surface area contributed by atoms with Crippen molar-refractivity contribution < 1.29 is 27.0 Å². The fourth-order valence-electron chi connectivity index (χ4n) is 4.73. The highest BCUT2D eigenvalue weighted by Gasteiger charge is 2.43. The molecule has 8 nitrogen and oxygen atoms in total. The van der Waals surface area contributed by atoms with E-state index in [4.69, 9.17) is 9.47 Å². The summed E-state index contributed by atoms with van der Waals surface area (Å²) in [6.45, 7) is 3.98. The standard InChI is InChI=1S/C27H24F4N6O2.C2H6/c1-37-22(16-6-7-16)23(27(29,30)31)36-25(37)17-8-3-14(11-18(17)28)12-39-19-9-10-32-24(35-19)20-21(15-4-5-15)33-13-34-26(20)38-2;1-2/h3,8-11,13,15-16H,4-7,12H2,1-2H3;1-2H3. The molecule has 0 N–H and O–H groups in total. The Balaban J connectivity index is 0.00000165. The lowest BCUT2D eigenvalue weighted by Gasteiger charge is -2.12. The minimum Gasteiger partial charge on any atom is -0.480 e. The molecule has 0 unspecified atom stereocenters. The number of benzene rings is 1. The van der Waals surface area contributed by atoms with Gasteiger partial charge in [0, 0.05) is 31.1 Å². The van der Waals surface area contributed by atoms with Gasteiger partial charge in [0.05, 0.1) is 24.1 Å². The van der Waals surface area contributed by atoms with E-state index in [-0.39, 0.29) is 35.5 Å². The number of halogens is 4. The van der Waals surface area contributed by atoms with E-state index < -0.39 is 17.7 Å². The molecule has 2 aliphatic rings. The quantitative estimate of drug-likeness (QED) is 0.214. The van der Waals surface area contributed by atoms with E-state index >= 15 is 4.39 Å². The Morgan fingerprint density at radius 1 is 0.976 bits per heavy atom. The third kappa shape index (κ3) is 5.86. The average Bonchev–Trinajstić information content (AvgIpc) is 3.90. The predicted molar refractivity (Wildman–Crippen MR) is 143 cm³/mol. The second-order valence-electron chi connectivity index (χ2n) is 9.74. The van der Waals surface area contributed by atoms with Gasteiger partial charge in [-0.1, -0.05) is 19.9 Å². The van der Waals surface area contributed by atoms with Crippen LogP contribution in [0.3, 0.4) is 0 Å². The van der Waals surface area contributed by atoms with Gasteiger partial charge in [0.15, 0.2) is 11.5 Å². The predicted octanol–water partition coefficient (Wildman–Crippen LogP) is 6.86. The zero-order valence-corrected chi connectivity index (χ0v) is 23.2. The highest BCUT2D eigenvalue weighted by molar-refractivity contribution is 5.66. The Morgan fingerprint density at radius 2 is 1.71 bits per heavy atom. The SMILES string of the molecule is CC.COc1ncnc(C2CC2)c1-c1nccc(OCc2ccc(-c3nc(C(F)(F)F)c(C4CC4)n3C)c(F)c2)n1. The first-order chi connectivity index (χ1) is 19.7. The van der Waals surface area contributed by atoms with Gasteiger partial charge in [-0.2, -0.15) is 18.2 Å². The van der Waals surface area contributed by atoms with Crippen LogP contribution in [0.15, 0.2) is 36.8 Å². The average molecular weight is 571 g/mol. The molecule has 6 rings (SSSR count). The van der Waals surface area contributed by atoms with Crippen molar-refractivity contribution in [3.8, 4) is 34.5 Å². The summed E-state index contributed by atoms with van der Waals surface area (Å²) in [5.41, 5.74) is 1.06. The number of hydrogen-bond acceptors (Lipinski definition) is 7. The van der Waals surface area contributed by atoms with Crippen LogP contribution in [0, 0.1) is 5.82 Å². The van der Waals surface area contributed by atoms with Gasteiger partial charge in [-0.3, -0.25) is 0 Å². The third-order valence-corrected chi connectivity index (χ3v) is 6.89. The van der Waals surface area contributed by atoms with Crippen molar-refractivity contribution in [1.29, 1.82) is 0 Å². The molecule has 0 atom stereocenters. The molecule has 216 valence electrons. The summed E-state index contributed by atoms with van der Waals surface area (Å²) in [6, 6.07) is 5.83. The summed E-state index contributed by atoms with van der Waals surface area (Å²) < 4.78 is 68.5. The maximum atomic E-state index is 15.1. The van der Waals surface area contributed by atoms with Crippen LogP contribution in [0.25, 0.3) is 22.8 Å². The molecule has 41 heavy (non-hydrogen) atoms. The van der Waals surface area contributed by atoms with E-state index in [1.54, 1.807) is 18.3 Å². The summed E-state index contributed by atoms with van der Waals surface area (Å²) in [7, 11) is 3.01. The minimum atomic E-state index is -4.61. The molecule has 0 radical (unpaired) electrons. The number of aromatic nitrogens is 6. The van der Waals surface area contributed by atoms with Crippen LogP contribution in [0.1, 0.15) is 74.0 Å². The largest absolute Gasteiger partial charge is 0.480 e. The Labute approximate surface area is 234 Å². The summed E-state index contributed by atoms with van der Waals surface area (Å²) in [5.74, 6) is 0.334. The Morgan fingerprint density at radius 3 is 2.34 bits per heavy atom. The van der Waals surface area contributed by atoms with Crippen LogP contribution in [-0.2, 0) is 19.8 Å². The molecule has 2 saturated carbocycles. The molecule has 12 heteroatoms. The van der Waals surface area contributed by atoms with Gasteiger partial charge in [0.2, 0.25) is 11.8 Å². The molecule has 3 heterocycles. The monoisotopic (exact) mass is 570 g/mol. The van der Waals surface area contributed by atoms with Crippen LogP contribution in [-0.4, -0.2) is 36.6 Å². The van der Waals surface area contributed by atoms with E-state index in [2.05, 4.69) is 24.9 Å². The van der Waals surface area contributed by atoms with E-state index in [1.807, 2.05) is 13.8 Å². The summed E-state index contributed by atoms with van der Waals surface area (Å²) in [4.78, 5) is 21.2. The zero-order chi connectivity index (χ0) is 29.3. The van der Waals surface area contributed by atoms with Gasteiger partial charge in [-0.15, -0.1) is 0 Å². The molecule has 2 aliphatic carbocycles. The van der Waals surface area contributed by atoms with Gasteiger partial charge in [-0.05, 0) is 43.4 Å². The third-order valence-electron chi connectivity index (χ3n) is 6.89. The maximum absolute atomic E-state index is 15.1. The van der Waals surface area contributed by atoms with Crippen LogP contribution in [0.4, 0.5) is 17.6 Å². The van der Waals surface area contributed by atoms with Crippen LogP contribution in [0.5, 0.6) is 11.8 Å².